The molecule has 0 aliphatic heterocycles. The normalized spacial score (nSPS) is 12.4. The molecular weight excluding hydrogens is 462 g/mol. The fraction of sp³-hybridized carbons (Fsp3) is 0.391. The van der Waals surface area contributed by atoms with Gasteiger partial charge in [0.1, 0.15) is 5.75 Å². The third kappa shape index (κ3) is 6.73. The van der Waals surface area contributed by atoms with Crippen LogP contribution in [-0.4, -0.2) is 38.7 Å². The van der Waals surface area contributed by atoms with E-state index in [1.54, 1.807) is 24.3 Å². The number of carbonyl (C=O) groups excluding carboxylic acids is 1. The second-order valence-electron chi connectivity index (χ2n) is 7.41. The highest BCUT2D eigenvalue weighted by Gasteiger charge is 2.14. The number of rotatable bonds is 11. The molecule has 0 aliphatic carbocycles. The molecule has 0 radical (unpaired) electrons. The van der Waals surface area contributed by atoms with Crippen molar-refractivity contribution in [3.05, 3.63) is 52.8 Å². The minimum absolute atomic E-state index is 0.0130. The first-order chi connectivity index (χ1) is 15.8. The molecule has 0 saturated carbocycles. The number of sulfonamides is 1. The fourth-order valence-corrected chi connectivity index (χ4v) is 4.95. The molecule has 3 rings (SSSR count). The lowest BCUT2D eigenvalue weighted by Gasteiger charge is -2.07. The zero-order valence-electron chi connectivity index (χ0n) is 18.8. The van der Waals surface area contributed by atoms with Crippen molar-refractivity contribution in [3.8, 4) is 5.75 Å². The van der Waals surface area contributed by atoms with E-state index in [4.69, 9.17) is 14.6 Å². The number of thiazole rings is 1. The molecule has 33 heavy (non-hydrogen) atoms. The molecule has 0 unspecified atom stereocenters. The number of nitrogens with two attached hydrogens (primary N) is 1. The molecular formula is C23H29N3O5S2. The zero-order valence-corrected chi connectivity index (χ0v) is 20.5. The van der Waals surface area contributed by atoms with Crippen LogP contribution < -0.4 is 14.7 Å². The summed E-state index contributed by atoms with van der Waals surface area (Å²) in [4.78, 5) is 17.8. The maximum atomic E-state index is 13.0. The van der Waals surface area contributed by atoms with Gasteiger partial charge >= 0.3 is 0 Å². The Morgan fingerprint density at radius 2 is 1.94 bits per heavy atom. The Hall–Kier alpha value is -2.53. The summed E-state index contributed by atoms with van der Waals surface area (Å²) in [7, 11) is -3.84. The summed E-state index contributed by atoms with van der Waals surface area (Å²) in [6, 6.07) is 11.6. The quantitative estimate of drug-likeness (QED) is 0.411. The summed E-state index contributed by atoms with van der Waals surface area (Å²) in [5.41, 5.74) is 1.17. The van der Waals surface area contributed by atoms with Gasteiger partial charge in [0.2, 0.25) is 10.0 Å². The van der Waals surface area contributed by atoms with Crippen molar-refractivity contribution in [2.45, 2.75) is 44.6 Å². The smallest absolute Gasteiger partial charge is 0.279 e. The number of aromatic nitrogens is 1. The maximum Gasteiger partial charge on any atom is 0.279 e. The highest BCUT2D eigenvalue weighted by molar-refractivity contribution is 7.89. The number of amides is 1. The average Bonchev–Trinajstić information content (AvgIpc) is 3.13. The number of hydrogen-bond donors (Lipinski definition) is 1. The number of primary sulfonamides is 1. The van der Waals surface area contributed by atoms with Gasteiger partial charge < -0.3 is 14.0 Å². The van der Waals surface area contributed by atoms with Gasteiger partial charge in [0.25, 0.3) is 5.91 Å². The van der Waals surface area contributed by atoms with Gasteiger partial charge in [-0.15, -0.1) is 0 Å². The van der Waals surface area contributed by atoms with Crippen LogP contribution in [0, 0.1) is 0 Å². The molecule has 1 heterocycles. The molecule has 0 atom stereocenters. The van der Waals surface area contributed by atoms with Crippen molar-refractivity contribution < 1.29 is 22.7 Å². The number of nitrogens with zero attached hydrogens (tertiary/aromatic N) is 2. The first kappa shape index (κ1) is 25.1. The van der Waals surface area contributed by atoms with E-state index < -0.39 is 15.9 Å². The van der Waals surface area contributed by atoms with E-state index in [-0.39, 0.29) is 4.90 Å². The van der Waals surface area contributed by atoms with Crippen LogP contribution in [0.5, 0.6) is 5.75 Å². The molecule has 1 aromatic heterocycles. The first-order valence-electron chi connectivity index (χ1n) is 10.9. The van der Waals surface area contributed by atoms with E-state index in [1.165, 1.54) is 23.5 Å². The number of fused-ring (bicyclic) bond motifs is 1. The van der Waals surface area contributed by atoms with Crippen LogP contribution in [0.4, 0.5) is 0 Å². The Bertz CT molecular complexity index is 1280. The standard InChI is InChI=1S/C23H29N3O5S2/c1-3-5-6-13-31-18-9-7-8-17(15-18)22(27)25-23-26(12-14-30-4-2)20-11-10-19(33(24,28)29)16-21(20)32-23/h7-11,15-16H,3-6,12-14H2,1-2H3,(H2,24,28,29). The van der Waals surface area contributed by atoms with Gasteiger partial charge in [-0.1, -0.05) is 37.2 Å². The van der Waals surface area contributed by atoms with E-state index in [9.17, 15) is 13.2 Å². The average molecular weight is 492 g/mol. The van der Waals surface area contributed by atoms with Crippen molar-refractivity contribution in [1.29, 1.82) is 0 Å². The highest BCUT2D eigenvalue weighted by atomic mass is 32.2. The summed E-state index contributed by atoms with van der Waals surface area (Å²) in [5, 5.41) is 5.27. The third-order valence-corrected chi connectivity index (χ3v) is 6.89. The molecule has 0 fully saturated rings. The fourth-order valence-electron chi connectivity index (χ4n) is 3.24. The molecule has 178 valence electrons. The topological polar surface area (TPSA) is 113 Å². The van der Waals surface area contributed by atoms with Gasteiger partial charge in [-0.05, 0) is 49.7 Å². The first-order valence-corrected chi connectivity index (χ1v) is 13.3. The van der Waals surface area contributed by atoms with Gasteiger partial charge in [0, 0.05) is 18.7 Å². The van der Waals surface area contributed by atoms with Gasteiger partial charge in [-0.2, -0.15) is 4.99 Å². The minimum atomic E-state index is -3.84. The van der Waals surface area contributed by atoms with Crippen LogP contribution in [0.1, 0.15) is 43.5 Å². The minimum Gasteiger partial charge on any atom is -0.494 e. The van der Waals surface area contributed by atoms with Crippen molar-refractivity contribution >= 4 is 37.5 Å². The van der Waals surface area contributed by atoms with Crippen molar-refractivity contribution in [2.24, 2.45) is 10.1 Å². The second kappa shape index (κ2) is 11.6. The van der Waals surface area contributed by atoms with Crippen LogP contribution >= 0.6 is 11.3 Å². The van der Waals surface area contributed by atoms with Gasteiger partial charge in [0.15, 0.2) is 4.80 Å². The number of unbranched alkanes of at least 4 members (excludes halogenated alkanes) is 2. The highest BCUT2D eigenvalue weighted by Crippen LogP contribution is 2.22. The van der Waals surface area contributed by atoms with Crippen LogP contribution in [0.15, 0.2) is 52.4 Å². The summed E-state index contributed by atoms with van der Waals surface area (Å²) in [6.45, 7) is 6.10. The molecule has 1 amide bonds. The van der Waals surface area contributed by atoms with Crippen LogP contribution in [-0.2, 0) is 21.3 Å². The van der Waals surface area contributed by atoms with E-state index in [1.807, 2.05) is 17.6 Å². The predicted molar refractivity (Wildman–Crippen MR) is 129 cm³/mol. The summed E-state index contributed by atoms with van der Waals surface area (Å²) < 4.78 is 37.2. The Balaban J connectivity index is 1.96. The lowest BCUT2D eigenvalue weighted by molar-refractivity contribution is 0.0996. The molecule has 0 bridgehead atoms. The third-order valence-electron chi connectivity index (χ3n) is 4.94. The predicted octanol–water partition coefficient (Wildman–Crippen LogP) is 3.70. The van der Waals surface area contributed by atoms with E-state index in [2.05, 4.69) is 11.9 Å². The van der Waals surface area contributed by atoms with E-state index in [0.717, 1.165) is 24.8 Å². The zero-order chi connectivity index (χ0) is 23.8. The molecule has 2 N–H and O–H groups in total. The summed E-state index contributed by atoms with van der Waals surface area (Å²) >= 11 is 1.23. The largest absolute Gasteiger partial charge is 0.494 e. The lowest BCUT2D eigenvalue weighted by Crippen LogP contribution is -2.19. The molecule has 0 saturated heterocycles. The Morgan fingerprint density at radius 3 is 2.67 bits per heavy atom. The molecule has 0 spiro atoms. The molecule has 10 heteroatoms. The monoisotopic (exact) mass is 491 g/mol. The van der Waals surface area contributed by atoms with E-state index >= 15 is 0 Å². The number of hydrogen-bond acceptors (Lipinski definition) is 6. The lowest BCUT2D eigenvalue weighted by atomic mass is 10.2. The Morgan fingerprint density at radius 1 is 1.12 bits per heavy atom. The number of ether oxygens (including phenoxy) is 2. The Kier molecular flexibility index (Phi) is 8.79. The van der Waals surface area contributed by atoms with Crippen molar-refractivity contribution in [1.82, 2.24) is 4.57 Å². The summed E-state index contributed by atoms with van der Waals surface area (Å²) in [5.74, 6) is 0.225. The summed E-state index contributed by atoms with van der Waals surface area (Å²) in [6.07, 6.45) is 3.16. The van der Waals surface area contributed by atoms with Crippen LogP contribution in [0.2, 0.25) is 0 Å². The SMILES string of the molecule is CCCCCOc1cccc(C(=O)N=c2sc3cc(S(N)(=O)=O)ccc3n2CCOCC)c1. The molecule has 3 aromatic rings. The van der Waals surface area contributed by atoms with Crippen LogP contribution in [0.25, 0.3) is 10.2 Å². The molecule has 8 nitrogen and oxygen atoms in total. The maximum absolute atomic E-state index is 13.0. The number of benzene rings is 2. The Labute approximate surface area is 197 Å². The second-order valence-corrected chi connectivity index (χ2v) is 9.98. The van der Waals surface area contributed by atoms with Gasteiger partial charge in [-0.25, -0.2) is 13.6 Å². The molecule has 0 aliphatic rings. The van der Waals surface area contributed by atoms with Crippen molar-refractivity contribution in [3.63, 3.8) is 0 Å². The molecule has 2 aromatic carbocycles. The number of carbonyl (C=O) groups is 1. The van der Waals surface area contributed by atoms with Crippen molar-refractivity contribution in [2.75, 3.05) is 19.8 Å². The van der Waals surface area contributed by atoms with Gasteiger partial charge in [-0.3, -0.25) is 4.79 Å². The van der Waals surface area contributed by atoms with Crippen LogP contribution in [0.3, 0.4) is 0 Å². The van der Waals surface area contributed by atoms with E-state index in [0.29, 0.717) is 47.2 Å². The van der Waals surface area contributed by atoms with Gasteiger partial charge in [0.05, 0.1) is 28.3 Å².